The summed E-state index contributed by atoms with van der Waals surface area (Å²) in [5.74, 6) is -0.698. The Labute approximate surface area is 98.3 Å². The molecule has 90 valence electrons. The molecular weight excluding hydrogens is 214 g/mol. The number of aliphatic carboxylic acids is 1. The van der Waals surface area contributed by atoms with E-state index < -0.39 is 5.97 Å². The maximum absolute atomic E-state index is 11.0. The molecule has 1 heterocycles. The molecule has 3 nitrogen and oxygen atoms in total. The van der Waals surface area contributed by atoms with Crippen molar-refractivity contribution in [2.75, 3.05) is 6.54 Å². The van der Waals surface area contributed by atoms with Crippen molar-refractivity contribution in [3.63, 3.8) is 0 Å². The van der Waals surface area contributed by atoms with E-state index in [4.69, 9.17) is 5.11 Å². The molecule has 0 radical (unpaired) electrons. The molecule has 0 bridgehead atoms. The van der Waals surface area contributed by atoms with E-state index in [1.54, 1.807) is 0 Å². The fraction of sp³-hybridized carbons (Fsp3) is 0.909. The molecule has 0 amide bonds. The fourth-order valence-electron chi connectivity index (χ4n) is 2.14. The van der Waals surface area contributed by atoms with Crippen molar-refractivity contribution in [1.29, 1.82) is 0 Å². The summed E-state index contributed by atoms with van der Waals surface area (Å²) in [5, 5.41) is 9.07. The molecule has 15 heavy (non-hydrogen) atoms. The molecule has 4 heteroatoms. The zero-order chi connectivity index (χ0) is 11.1. The lowest BCUT2D eigenvalue weighted by Crippen LogP contribution is -2.72. The lowest BCUT2D eigenvalue weighted by Gasteiger charge is -2.63. The number of rotatable bonds is 3. The van der Waals surface area contributed by atoms with E-state index in [1.165, 1.54) is 0 Å². The van der Waals surface area contributed by atoms with Crippen LogP contribution in [0.2, 0.25) is 0 Å². The molecule has 0 aromatic heterocycles. The number of halogens is 1. The summed E-state index contributed by atoms with van der Waals surface area (Å²) in [7, 11) is 0. The minimum absolute atomic E-state index is 0. The monoisotopic (exact) mass is 235 g/mol. The molecule has 1 unspecified atom stereocenters. The number of hydrogen-bond donors (Lipinski definition) is 1. The average molecular weight is 236 g/mol. The smallest absolute Gasteiger partial charge is 0.320 e. The third-order valence-corrected chi connectivity index (χ3v) is 3.99. The van der Waals surface area contributed by atoms with Gasteiger partial charge in [-0.3, -0.25) is 9.69 Å². The van der Waals surface area contributed by atoms with Gasteiger partial charge >= 0.3 is 5.97 Å². The molecule has 0 aromatic carbocycles. The molecule has 0 aliphatic carbocycles. The Morgan fingerprint density at radius 2 is 1.87 bits per heavy atom. The normalized spacial score (nSPS) is 24.9. The van der Waals surface area contributed by atoms with Crippen molar-refractivity contribution in [3.8, 4) is 0 Å². The summed E-state index contributed by atoms with van der Waals surface area (Å²) in [4.78, 5) is 13.1. The highest BCUT2D eigenvalue weighted by molar-refractivity contribution is 5.85. The fourth-order valence-corrected chi connectivity index (χ4v) is 2.14. The minimum atomic E-state index is -0.698. The third kappa shape index (κ3) is 2.13. The maximum Gasteiger partial charge on any atom is 0.320 e. The van der Waals surface area contributed by atoms with Gasteiger partial charge in [-0.05, 0) is 25.7 Å². The van der Waals surface area contributed by atoms with Crippen LogP contribution in [-0.2, 0) is 4.79 Å². The second-order valence-corrected chi connectivity index (χ2v) is 5.33. The second kappa shape index (κ2) is 4.30. The number of nitrogens with zero attached hydrogens (tertiary/aromatic N) is 1. The highest BCUT2D eigenvalue weighted by Crippen LogP contribution is 2.47. The van der Waals surface area contributed by atoms with E-state index in [9.17, 15) is 4.79 Å². The van der Waals surface area contributed by atoms with Crippen LogP contribution in [0.4, 0.5) is 0 Å². The summed E-state index contributed by atoms with van der Waals surface area (Å²) in [6.45, 7) is 11.4. The van der Waals surface area contributed by atoms with E-state index in [0.717, 1.165) is 6.54 Å². The molecule has 1 aliphatic heterocycles. The first-order valence-corrected chi connectivity index (χ1v) is 5.23. The predicted octanol–water partition coefficient (Wildman–Crippen LogP) is 2.39. The zero-order valence-electron chi connectivity index (χ0n) is 10.2. The average Bonchev–Trinajstić information content (AvgIpc) is 2.03. The van der Waals surface area contributed by atoms with Crippen molar-refractivity contribution in [1.82, 2.24) is 4.90 Å². The quantitative estimate of drug-likeness (QED) is 0.817. The van der Waals surface area contributed by atoms with Crippen molar-refractivity contribution in [2.45, 2.75) is 52.6 Å². The highest BCUT2D eigenvalue weighted by Gasteiger charge is 2.55. The SMILES string of the molecule is CCC(C(=O)O)N1CC(C)(C)C1(C)C.Cl. The molecule has 1 atom stereocenters. The van der Waals surface area contributed by atoms with Gasteiger partial charge in [0.25, 0.3) is 0 Å². The Morgan fingerprint density at radius 3 is 2.07 bits per heavy atom. The molecule has 1 fully saturated rings. The van der Waals surface area contributed by atoms with Crippen LogP contribution in [0.1, 0.15) is 41.0 Å². The van der Waals surface area contributed by atoms with Crippen LogP contribution in [0.15, 0.2) is 0 Å². The van der Waals surface area contributed by atoms with Gasteiger partial charge in [-0.15, -0.1) is 12.4 Å². The number of likely N-dealkylation sites (tertiary alicyclic amines) is 1. The van der Waals surface area contributed by atoms with Gasteiger partial charge in [-0.1, -0.05) is 20.8 Å². The van der Waals surface area contributed by atoms with Gasteiger partial charge in [0, 0.05) is 12.1 Å². The lowest BCUT2D eigenvalue weighted by molar-refractivity contribution is -0.172. The molecular formula is C11H22ClNO2. The molecule has 1 N–H and O–H groups in total. The van der Waals surface area contributed by atoms with Crippen molar-refractivity contribution < 1.29 is 9.90 Å². The first kappa shape index (κ1) is 14.7. The van der Waals surface area contributed by atoms with E-state index in [1.807, 2.05) is 6.92 Å². The van der Waals surface area contributed by atoms with Gasteiger partial charge in [0.05, 0.1) is 0 Å². The molecule has 0 saturated carbocycles. The lowest BCUT2D eigenvalue weighted by atomic mass is 9.64. The molecule has 1 saturated heterocycles. The molecule has 0 spiro atoms. The Morgan fingerprint density at radius 1 is 1.40 bits per heavy atom. The second-order valence-electron chi connectivity index (χ2n) is 5.33. The van der Waals surface area contributed by atoms with Crippen molar-refractivity contribution >= 4 is 18.4 Å². The molecule has 1 aliphatic rings. The van der Waals surface area contributed by atoms with Gasteiger partial charge in [0.15, 0.2) is 0 Å². The Balaban J connectivity index is 0.00000196. The van der Waals surface area contributed by atoms with Crippen LogP contribution >= 0.6 is 12.4 Å². The third-order valence-electron chi connectivity index (χ3n) is 3.99. The van der Waals surface area contributed by atoms with Gasteiger partial charge in [-0.2, -0.15) is 0 Å². The van der Waals surface area contributed by atoms with Gasteiger partial charge in [0.2, 0.25) is 0 Å². The van der Waals surface area contributed by atoms with Crippen molar-refractivity contribution in [2.24, 2.45) is 5.41 Å². The Kier molecular flexibility index (Phi) is 4.22. The van der Waals surface area contributed by atoms with E-state index >= 15 is 0 Å². The number of carbonyl (C=O) groups is 1. The topological polar surface area (TPSA) is 40.5 Å². The van der Waals surface area contributed by atoms with Gasteiger partial charge in [0.1, 0.15) is 6.04 Å². The number of carboxylic acids is 1. The molecule has 1 rings (SSSR count). The summed E-state index contributed by atoms with van der Waals surface area (Å²) < 4.78 is 0. The minimum Gasteiger partial charge on any atom is -0.480 e. The standard InChI is InChI=1S/C11H21NO2.ClH/c1-6-8(9(13)14)12-7-10(2,3)11(12,4)5;/h8H,6-7H2,1-5H3,(H,13,14);1H. The number of hydrogen-bond acceptors (Lipinski definition) is 2. The first-order chi connectivity index (χ1) is 6.24. The van der Waals surface area contributed by atoms with Gasteiger partial charge in [-0.25, -0.2) is 0 Å². The van der Waals surface area contributed by atoms with Crippen LogP contribution in [0, 0.1) is 5.41 Å². The van der Waals surface area contributed by atoms with Gasteiger partial charge < -0.3 is 5.11 Å². The summed E-state index contributed by atoms with van der Waals surface area (Å²) in [5.41, 5.74) is 0.210. The van der Waals surface area contributed by atoms with Crippen LogP contribution in [0.3, 0.4) is 0 Å². The Bertz CT molecular complexity index is 251. The Hall–Kier alpha value is -0.280. The summed E-state index contributed by atoms with van der Waals surface area (Å²) in [6.07, 6.45) is 0.675. The number of carboxylic acid groups (broad SMARTS) is 1. The zero-order valence-corrected chi connectivity index (χ0v) is 11.0. The van der Waals surface area contributed by atoms with Crippen LogP contribution in [-0.4, -0.2) is 34.1 Å². The van der Waals surface area contributed by atoms with Crippen LogP contribution in [0.25, 0.3) is 0 Å². The van der Waals surface area contributed by atoms with E-state index in [0.29, 0.717) is 6.42 Å². The largest absolute Gasteiger partial charge is 0.480 e. The van der Waals surface area contributed by atoms with E-state index in [2.05, 4.69) is 32.6 Å². The predicted molar refractivity (Wildman–Crippen MR) is 63.5 cm³/mol. The summed E-state index contributed by atoms with van der Waals surface area (Å²) >= 11 is 0. The van der Waals surface area contributed by atoms with Crippen LogP contribution in [0.5, 0.6) is 0 Å². The van der Waals surface area contributed by atoms with E-state index in [-0.39, 0.29) is 29.4 Å². The van der Waals surface area contributed by atoms with Crippen LogP contribution < -0.4 is 0 Å². The summed E-state index contributed by atoms with van der Waals surface area (Å²) in [6, 6.07) is -0.321. The maximum atomic E-state index is 11.0. The van der Waals surface area contributed by atoms with Crippen molar-refractivity contribution in [3.05, 3.63) is 0 Å². The first-order valence-electron chi connectivity index (χ1n) is 5.23. The molecule has 0 aromatic rings. The highest BCUT2D eigenvalue weighted by atomic mass is 35.5.